The molecule has 0 atom stereocenters. The molecule has 2 aliphatic heterocycles. The van der Waals surface area contributed by atoms with Crippen LogP contribution in [0.3, 0.4) is 0 Å². The molecule has 2 aromatic rings. The number of aliphatic imine (C=N–C) groups is 1. The van der Waals surface area contributed by atoms with E-state index in [9.17, 15) is 4.79 Å². The summed E-state index contributed by atoms with van der Waals surface area (Å²) in [6.07, 6.45) is 2.38. The fourth-order valence-corrected chi connectivity index (χ4v) is 2.96. The van der Waals surface area contributed by atoms with Gasteiger partial charge in [-0.25, -0.2) is 4.98 Å². The van der Waals surface area contributed by atoms with Crippen LogP contribution in [0.25, 0.3) is 0 Å². The Morgan fingerprint density at radius 1 is 1.27 bits per heavy atom. The maximum absolute atomic E-state index is 12.3. The zero-order valence-electron chi connectivity index (χ0n) is 11.8. The van der Waals surface area contributed by atoms with Gasteiger partial charge in [-0.3, -0.25) is 19.6 Å². The molecular formula is C15H14ClN5O. The highest BCUT2D eigenvalue weighted by molar-refractivity contribution is 6.30. The molecule has 7 heteroatoms. The van der Waals surface area contributed by atoms with Crippen LogP contribution < -0.4 is 4.90 Å². The number of imidazole rings is 1. The first kappa shape index (κ1) is 13.3. The van der Waals surface area contributed by atoms with Crippen molar-refractivity contribution in [2.75, 3.05) is 24.5 Å². The van der Waals surface area contributed by atoms with Crippen LogP contribution in [0.2, 0.25) is 5.02 Å². The molecule has 0 unspecified atom stereocenters. The summed E-state index contributed by atoms with van der Waals surface area (Å²) in [6.45, 7) is 1.98. The second kappa shape index (κ2) is 5.14. The van der Waals surface area contributed by atoms with Crippen LogP contribution in [0.4, 0.5) is 5.82 Å². The summed E-state index contributed by atoms with van der Waals surface area (Å²) in [5, 5.41) is 0.730. The van der Waals surface area contributed by atoms with Gasteiger partial charge in [-0.05, 0) is 24.1 Å². The van der Waals surface area contributed by atoms with Gasteiger partial charge in [-0.15, -0.1) is 0 Å². The summed E-state index contributed by atoms with van der Waals surface area (Å²) in [5.74, 6) is 1.32. The van der Waals surface area contributed by atoms with E-state index in [4.69, 9.17) is 11.6 Å². The summed E-state index contributed by atoms with van der Waals surface area (Å²) >= 11 is 5.91. The zero-order valence-corrected chi connectivity index (χ0v) is 12.5. The zero-order chi connectivity index (χ0) is 15.1. The van der Waals surface area contributed by atoms with Crippen LogP contribution in [-0.2, 0) is 6.42 Å². The number of H-pyrrole nitrogens is 1. The number of hydrogen-bond donors (Lipinski definition) is 1. The van der Waals surface area contributed by atoms with E-state index < -0.39 is 0 Å². The highest BCUT2D eigenvalue weighted by Crippen LogP contribution is 2.27. The van der Waals surface area contributed by atoms with Crippen molar-refractivity contribution in [1.29, 1.82) is 0 Å². The molecule has 0 bridgehead atoms. The van der Waals surface area contributed by atoms with E-state index in [2.05, 4.69) is 15.0 Å². The SMILES string of the molecule is O=C1c2[nH]cnc2N(CCc2ccc(Cl)cc2)C2=NCCN12. The lowest BCUT2D eigenvalue weighted by molar-refractivity contribution is 0.0846. The highest BCUT2D eigenvalue weighted by Gasteiger charge is 2.38. The van der Waals surface area contributed by atoms with E-state index in [0.29, 0.717) is 37.1 Å². The second-order valence-corrected chi connectivity index (χ2v) is 5.70. The predicted molar refractivity (Wildman–Crippen MR) is 84.4 cm³/mol. The summed E-state index contributed by atoms with van der Waals surface area (Å²) < 4.78 is 0. The third kappa shape index (κ3) is 2.07. The molecule has 6 nitrogen and oxygen atoms in total. The lowest BCUT2D eigenvalue weighted by atomic mass is 10.1. The Labute approximate surface area is 132 Å². The largest absolute Gasteiger partial charge is 0.339 e. The normalized spacial score (nSPS) is 16.6. The van der Waals surface area contributed by atoms with Gasteiger partial charge in [0.15, 0.2) is 5.82 Å². The molecule has 2 aliphatic rings. The average molecular weight is 316 g/mol. The molecule has 1 aromatic heterocycles. The third-order valence-electron chi connectivity index (χ3n) is 3.93. The molecule has 0 spiro atoms. The van der Waals surface area contributed by atoms with E-state index >= 15 is 0 Å². The van der Waals surface area contributed by atoms with E-state index in [1.165, 1.54) is 5.56 Å². The quantitative estimate of drug-likeness (QED) is 0.941. The number of aromatic nitrogens is 2. The first-order valence-corrected chi connectivity index (χ1v) is 7.53. The summed E-state index contributed by atoms with van der Waals surface area (Å²) in [5.41, 5.74) is 1.72. The smallest absolute Gasteiger partial charge is 0.280 e. The third-order valence-corrected chi connectivity index (χ3v) is 4.18. The average Bonchev–Trinajstić information content (AvgIpc) is 3.18. The standard InChI is InChI=1S/C15H14ClN5O/c16-11-3-1-10(2-4-11)5-7-20-13-12(18-9-19-13)14(22)21-8-6-17-15(20)21/h1-4,9H,5-8H2,(H,18,19). The Bertz CT molecular complexity index is 752. The van der Waals surface area contributed by atoms with Crippen LogP contribution in [0.1, 0.15) is 16.1 Å². The van der Waals surface area contributed by atoms with Crippen molar-refractivity contribution in [3.63, 3.8) is 0 Å². The Morgan fingerprint density at radius 2 is 2.09 bits per heavy atom. The van der Waals surface area contributed by atoms with E-state index in [1.54, 1.807) is 11.2 Å². The van der Waals surface area contributed by atoms with Crippen molar-refractivity contribution in [1.82, 2.24) is 14.9 Å². The molecule has 1 amide bonds. The number of benzene rings is 1. The second-order valence-electron chi connectivity index (χ2n) is 5.27. The van der Waals surface area contributed by atoms with Gasteiger partial charge in [-0.2, -0.15) is 0 Å². The predicted octanol–water partition coefficient (Wildman–Crippen LogP) is 1.94. The summed E-state index contributed by atoms with van der Waals surface area (Å²) in [7, 11) is 0. The van der Waals surface area contributed by atoms with Crippen LogP contribution in [0.15, 0.2) is 35.6 Å². The Morgan fingerprint density at radius 3 is 2.91 bits per heavy atom. The molecule has 1 aromatic carbocycles. The molecule has 4 rings (SSSR count). The summed E-state index contributed by atoms with van der Waals surface area (Å²) in [4.78, 5) is 27.8. The van der Waals surface area contributed by atoms with Crippen LogP contribution >= 0.6 is 11.6 Å². The van der Waals surface area contributed by atoms with E-state index in [-0.39, 0.29) is 5.91 Å². The molecule has 0 saturated heterocycles. The molecule has 0 fully saturated rings. The molecule has 0 aliphatic carbocycles. The van der Waals surface area contributed by atoms with Crippen molar-refractivity contribution in [3.8, 4) is 0 Å². The number of aromatic amines is 1. The number of halogens is 1. The van der Waals surface area contributed by atoms with Crippen molar-refractivity contribution in [2.45, 2.75) is 6.42 Å². The fraction of sp³-hybridized carbons (Fsp3) is 0.267. The number of nitrogens with zero attached hydrogens (tertiary/aromatic N) is 4. The molecule has 1 N–H and O–H groups in total. The van der Waals surface area contributed by atoms with Gasteiger partial charge in [0.2, 0.25) is 5.96 Å². The monoisotopic (exact) mass is 315 g/mol. The van der Waals surface area contributed by atoms with Gasteiger partial charge in [0.1, 0.15) is 5.69 Å². The minimum absolute atomic E-state index is 0.0495. The molecule has 3 heterocycles. The number of guanidine groups is 1. The van der Waals surface area contributed by atoms with Gasteiger partial charge in [0.25, 0.3) is 5.91 Å². The molecule has 112 valence electrons. The van der Waals surface area contributed by atoms with Gasteiger partial charge in [-0.1, -0.05) is 23.7 Å². The first-order valence-electron chi connectivity index (χ1n) is 7.16. The fourth-order valence-electron chi connectivity index (χ4n) is 2.84. The van der Waals surface area contributed by atoms with Crippen LogP contribution in [0.5, 0.6) is 0 Å². The topological polar surface area (TPSA) is 64.6 Å². The minimum Gasteiger partial charge on any atom is -0.339 e. The first-order chi connectivity index (χ1) is 10.7. The lowest BCUT2D eigenvalue weighted by Gasteiger charge is -2.33. The van der Waals surface area contributed by atoms with Crippen molar-refractivity contribution in [3.05, 3.63) is 46.9 Å². The number of carbonyl (C=O) groups excluding carboxylic acids is 1. The Hall–Kier alpha value is -2.34. The number of nitrogens with one attached hydrogen (secondary N) is 1. The summed E-state index contributed by atoms with van der Waals surface area (Å²) in [6, 6.07) is 7.79. The van der Waals surface area contributed by atoms with Crippen LogP contribution in [-0.4, -0.2) is 46.4 Å². The number of amides is 1. The van der Waals surface area contributed by atoms with Gasteiger partial charge in [0, 0.05) is 18.1 Å². The minimum atomic E-state index is -0.0495. The molecule has 22 heavy (non-hydrogen) atoms. The lowest BCUT2D eigenvalue weighted by Crippen LogP contribution is -2.50. The van der Waals surface area contributed by atoms with Gasteiger partial charge < -0.3 is 4.98 Å². The van der Waals surface area contributed by atoms with Crippen molar-refractivity contribution < 1.29 is 4.79 Å². The van der Waals surface area contributed by atoms with E-state index in [0.717, 1.165) is 11.4 Å². The number of anilines is 1. The maximum atomic E-state index is 12.3. The maximum Gasteiger partial charge on any atom is 0.280 e. The number of rotatable bonds is 3. The van der Waals surface area contributed by atoms with Crippen molar-refractivity contribution >= 4 is 29.3 Å². The van der Waals surface area contributed by atoms with Crippen LogP contribution in [0, 0.1) is 0 Å². The van der Waals surface area contributed by atoms with Gasteiger partial charge >= 0.3 is 0 Å². The number of carbonyl (C=O) groups is 1. The molecule has 0 radical (unpaired) electrons. The highest BCUT2D eigenvalue weighted by atomic mass is 35.5. The molecular weight excluding hydrogens is 302 g/mol. The Kier molecular flexibility index (Phi) is 3.11. The van der Waals surface area contributed by atoms with Gasteiger partial charge in [0.05, 0.1) is 12.9 Å². The number of hydrogen-bond acceptors (Lipinski definition) is 4. The van der Waals surface area contributed by atoms with Crippen molar-refractivity contribution in [2.24, 2.45) is 4.99 Å². The molecule has 0 saturated carbocycles. The Balaban J connectivity index is 1.61. The van der Waals surface area contributed by atoms with E-state index in [1.807, 2.05) is 29.2 Å². The number of fused-ring (bicyclic) bond motifs is 2.